The summed E-state index contributed by atoms with van der Waals surface area (Å²) in [6.07, 6.45) is -2.59. The largest absolute Gasteiger partial charge is 0.573 e. The van der Waals surface area contributed by atoms with Crippen LogP contribution in [0.1, 0.15) is 42.4 Å². The average molecular weight is 595 g/mol. The summed E-state index contributed by atoms with van der Waals surface area (Å²) in [6.45, 7) is 3.68. The molecule has 0 radical (unpaired) electrons. The SMILES string of the molecule is Cc1ccccc1[C@@H](C)CCC(=O)Nc1ccc(OC(F)(F)F)c(CN(C)C(=O)CNc2ccc3cc[nH]c(=O)c3c2)c1. The van der Waals surface area contributed by atoms with Crippen LogP contribution < -0.4 is 20.9 Å². The summed E-state index contributed by atoms with van der Waals surface area (Å²) in [6, 6.07) is 18.6. The van der Waals surface area contributed by atoms with Crippen LogP contribution in [0.3, 0.4) is 0 Å². The number of H-pyrrole nitrogens is 1. The zero-order valence-corrected chi connectivity index (χ0v) is 24.0. The second kappa shape index (κ2) is 13.5. The minimum Gasteiger partial charge on any atom is -0.405 e. The van der Waals surface area contributed by atoms with Crippen molar-refractivity contribution in [3.8, 4) is 5.75 Å². The lowest BCUT2D eigenvalue weighted by molar-refractivity contribution is -0.275. The summed E-state index contributed by atoms with van der Waals surface area (Å²) in [5.41, 5.74) is 2.92. The number of fused-ring (bicyclic) bond motifs is 1. The highest BCUT2D eigenvalue weighted by Crippen LogP contribution is 2.30. The smallest absolute Gasteiger partial charge is 0.405 e. The first-order valence-corrected chi connectivity index (χ1v) is 13.7. The van der Waals surface area contributed by atoms with Gasteiger partial charge in [0.25, 0.3) is 5.56 Å². The van der Waals surface area contributed by atoms with Gasteiger partial charge in [-0.15, -0.1) is 13.2 Å². The van der Waals surface area contributed by atoms with E-state index < -0.39 is 18.0 Å². The Morgan fingerprint density at radius 1 is 1.02 bits per heavy atom. The van der Waals surface area contributed by atoms with Crippen LogP contribution in [-0.4, -0.2) is 41.7 Å². The molecule has 1 aromatic heterocycles. The lowest BCUT2D eigenvalue weighted by Crippen LogP contribution is -2.32. The third kappa shape index (κ3) is 8.60. The van der Waals surface area contributed by atoms with Crippen molar-refractivity contribution in [2.75, 3.05) is 24.2 Å². The normalized spacial score (nSPS) is 12.0. The van der Waals surface area contributed by atoms with Crippen LogP contribution in [0.15, 0.2) is 77.7 Å². The quantitative estimate of drug-likeness (QED) is 0.188. The fourth-order valence-corrected chi connectivity index (χ4v) is 4.82. The van der Waals surface area contributed by atoms with E-state index in [4.69, 9.17) is 0 Å². The van der Waals surface area contributed by atoms with Gasteiger partial charge in [0.05, 0.1) is 6.54 Å². The number of aromatic amines is 1. The van der Waals surface area contributed by atoms with E-state index >= 15 is 0 Å². The van der Waals surface area contributed by atoms with Gasteiger partial charge in [-0.2, -0.15) is 0 Å². The number of halogens is 3. The molecule has 226 valence electrons. The highest BCUT2D eigenvalue weighted by atomic mass is 19.4. The number of amides is 2. The van der Waals surface area contributed by atoms with E-state index in [0.717, 1.165) is 22.6 Å². The number of likely N-dealkylation sites (N-methyl/N-ethyl adjacent to an activating group) is 1. The van der Waals surface area contributed by atoms with Crippen LogP contribution in [0, 0.1) is 6.92 Å². The maximum absolute atomic E-state index is 13.1. The van der Waals surface area contributed by atoms with Crippen molar-refractivity contribution >= 4 is 34.0 Å². The van der Waals surface area contributed by atoms with Crippen molar-refractivity contribution in [2.45, 2.75) is 45.5 Å². The number of rotatable bonds is 11. The van der Waals surface area contributed by atoms with Crippen molar-refractivity contribution in [1.29, 1.82) is 0 Å². The van der Waals surface area contributed by atoms with Crippen molar-refractivity contribution in [1.82, 2.24) is 9.88 Å². The van der Waals surface area contributed by atoms with Crippen LogP contribution in [0.4, 0.5) is 24.5 Å². The Morgan fingerprint density at radius 2 is 1.77 bits per heavy atom. The van der Waals surface area contributed by atoms with E-state index in [9.17, 15) is 27.6 Å². The number of hydrogen-bond donors (Lipinski definition) is 3. The second-order valence-corrected chi connectivity index (χ2v) is 10.4. The molecule has 0 bridgehead atoms. The maximum atomic E-state index is 13.1. The number of pyridine rings is 1. The van der Waals surface area contributed by atoms with Crippen molar-refractivity contribution in [3.63, 3.8) is 0 Å². The number of nitrogens with one attached hydrogen (secondary N) is 3. The minimum absolute atomic E-state index is 0.0662. The van der Waals surface area contributed by atoms with Gasteiger partial charge in [0, 0.05) is 48.5 Å². The lowest BCUT2D eigenvalue weighted by Gasteiger charge is -2.21. The van der Waals surface area contributed by atoms with Crippen LogP contribution in [0.5, 0.6) is 5.75 Å². The number of hydrogen-bond acceptors (Lipinski definition) is 5. The Hall–Kier alpha value is -4.80. The average Bonchev–Trinajstić information content (AvgIpc) is 2.96. The summed E-state index contributed by atoms with van der Waals surface area (Å²) in [5.74, 6) is -1.02. The summed E-state index contributed by atoms with van der Waals surface area (Å²) >= 11 is 0. The zero-order valence-electron chi connectivity index (χ0n) is 24.0. The number of benzene rings is 3. The number of aromatic nitrogens is 1. The molecule has 43 heavy (non-hydrogen) atoms. The van der Waals surface area contributed by atoms with E-state index in [1.54, 1.807) is 30.5 Å². The number of alkyl halides is 3. The Kier molecular flexibility index (Phi) is 9.74. The zero-order chi connectivity index (χ0) is 31.1. The summed E-state index contributed by atoms with van der Waals surface area (Å²) in [5, 5.41) is 6.88. The molecule has 4 aromatic rings. The number of ether oxygens (including phenoxy) is 1. The van der Waals surface area contributed by atoms with Crippen LogP contribution in [-0.2, 0) is 16.1 Å². The molecule has 8 nitrogen and oxygen atoms in total. The third-order valence-electron chi connectivity index (χ3n) is 7.15. The van der Waals surface area contributed by atoms with Gasteiger partial charge in [0.1, 0.15) is 5.75 Å². The van der Waals surface area contributed by atoms with Crippen LogP contribution in [0.25, 0.3) is 10.8 Å². The molecular formula is C32H33F3N4O4. The number of carbonyl (C=O) groups is 2. The molecule has 3 N–H and O–H groups in total. The van der Waals surface area contributed by atoms with E-state index in [-0.39, 0.29) is 42.5 Å². The molecule has 1 heterocycles. The highest BCUT2D eigenvalue weighted by Gasteiger charge is 2.32. The van der Waals surface area contributed by atoms with Gasteiger partial charge in [-0.1, -0.05) is 37.3 Å². The molecule has 0 aliphatic heterocycles. The second-order valence-electron chi connectivity index (χ2n) is 10.4. The lowest BCUT2D eigenvalue weighted by atomic mass is 9.92. The Morgan fingerprint density at radius 3 is 2.51 bits per heavy atom. The van der Waals surface area contributed by atoms with Gasteiger partial charge in [-0.25, -0.2) is 0 Å². The monoisotopic (exact) mass is 594 g/mol. The molecule has 0 saturated heterocycles. The van der Waals surface area contributed by atoms with Crippen LogP contribution >= 0.6 is 0 Å². The van der Waals surface area contributed by atoms with Crippen molar-refractivity contribution in [3.05, 3.63) is 100.0 Å². The first-order valence-electron chi connectivity index (χ1n) is 13.7. The van der Waals surface area contributed by atoms with Gasteiger partial charge in [0.15, 0.2) is 0 Å². The predicted octanol–water partition coefficient (Wildman–Crippen LogP) is 6.33. The fourth-order valence-electron chi connectivity index (χ4n) is 4.82. The fraction of sp³-hybridized carbons (Fsp3) is 0.281. The molecular weight excluding hydrogens is 561 g/mol. The molecule has 0 aliphatic rings. The summed E-state index contributed by atoms with van der Waals surface area (Å²) in [7, 11) is 1.45. The van der Waals surface area contributed by atoms with E-state index in [1.165, 1.54) is 24.1 Å². The predicted molar refractivity (Wildman–Crippen MR) is 160 cm³/mol. The van der Waals surface area contributed by atoms with E-state index in [0.29, 0.717) is 23.2 Å². The first-order chi connectivity index (χ1) is 20.4. The molecule has 11 heteroatoms. The molecule has 0 aliphatic carbocycles. The molecule has 3 aromatic carbocycles. The Balaban J connectivity index is 1.41. The van der Waals surface area contributed by atoms with Gasteiger partial charge in [0.2, 0.25) is 11.8 Å². The molecule has 4 rings (SSSR count). The number of aryl methyl sites for hydroxylation is 1. The van der Waals surface area contributed by atoms with E-state index in [1.807, 2.05) is 38.1 Å². The third-order valence-corrected chi connectivity index (χ3v) is 7.15. The van der Waals surface area contributed by atoms with Crippen molar-refractivity contribution in [2.24, 2.45) is 0 Å². The Bertz CT molecular complexity index is 1670. The molecule has 0 fully saturated rings. The van der Waals surface area contributed by atoms with E-state index in [2.05, 4.69) is 20.4 Å². The number of carbonyl (C=O) groups excluding carboxylic acids is 2. The molecule has 1 atom stereocenters. The first kappa shape index (κ1) is 31.1. The standard InChI is InChI=1S/C32H33F3N4O4/c1-20-6-4-5-7-26(20)21(2)8-13-29(40)38-25-11-12-28(43-32(33,34)35)23(16-25)19-39(3)30(41)18-37-24-10-9-22-14-15-36-31(42)27(22)17-24/h4-7,9-12,14-17,21,37H,8,13,18-19H2,1-3H3,(H,36,42)(H,38,40)/t21-/m0/s1. The molecule has 0 saturated carbocycles. The molecule has 0 unspecified atom stereocenters. The topological polar surface area (TPSA) is 104 Å². The van der Waals surface area contributed by atoms with Gasteiger partial charge >= 0.3 is 6.36 Å². The van der Waals surface area contributed by atoms with Crippen LogP contribution in [0.2, 0.25) is 0 Å². The molecule has 2 amide bonds. The molecule has 0 spiro atoms. The minimum atomic E-state index is -4.94. The van der Waals surface area contributed by atoms with Gasteiger partial charge in [-0.3, -0.25) is 14.4 Å². The highest BCUT2D eigenvalue weighted by molar-refractivity contribution is 5.91. The van der Waals surface area contributed by atoms with Crippen molar-refractivity contribution < 1.29 is 27.5 Å². The summed E-state index contributed by atoms with van der Waals surface area (Å²) < 4.78 is 43.5. The van der Waals surface area contributed by atoms with Gasteiger partial charge < -0.3 is 25.3 Å². The number of nitrogens with zero attached hydrogens (tertiary/aromatic N) is 1. The summed E-state index contributed by atoms with van der Waals surface area (Å²) in [4.78, 5) is 41.5. The number of anilines is 2. The Labute approximate surface area is 246 Å². The maximum Gasteiger partial charge on any atom is 0.573 e. The van der Waals surface area contributed by atoms with Gasteiger partial charge in [-0.05, 0) is 72.2 Å².